The first-order valence-corrected chi connectivity index (χ1v) is 16.1. The van der Waals surface area contributed by atoms with Crippen LogP contribution in [0.3, 0.4) is 0 Å². The van der Waals surface area contributed by atoms with Crippen molar-refractivity contribution in [3.8, 4) is 0 Å². The maximum atomic E-state index is 8.56. The molecule has 0 heterocycles. The second kappa shape index (κ2) is 18.6. The monoisotopic (exact) mass is 781 g/mol. The van der Waals surface area contributed by atoms with Crippen LogP contribution in [0.2, 0.25) is 0 Å². The summed E-state index contributed by atoms with van der Waals surface area (Å²) in [4.78, 5) is 8.56. The summed E-state index contributed by atoms with van der Waals surface area (Å²) in [5.74, 6) is 0. The number of benzene rings is 6. The standard InChI is InChI=1S/2C18H15P.CH2O3.Pt/c2*1-4-10-16(11-5-1)19(17-12-6-2-7-13-17)18-14-8-3-9-15-18;2-1(3)4;/h2*1-15H;(H2,2,3,4);. The molecule has 3 nitrogen and oxygen atoms in total. The number of hydrogen-bond donors (Lipinski definition) is 2. The molecule has 6 rings (SSSR count). The van der Waals surface area contributed by atoms with Gasteiger partial charge in [-0.1, -0.05) is 182 Å². The van der Waals surface area contributed by atoms with Gasteiger partial charge in [0.25, 0.3) is 0 Å². The van der Waals surface area contributed by atoms with Gasteiger partial charge in [0, 0.05) is 21.1 Å². The van der Waals surface area contributed by atoms with Gasteiger partial charge >= 0.3 is 6.16 Å². The van der Waals surface area contributed by atoms with Crippen LogP contribution in [0, 0.1) is 0 Å². The first-order valence-electron chi connectivity index (χ1n) is 13.5. The molecule has 6 aromatic carbocycles. The number of carbonyl (C=O) groups is 1. The van der Waals surface area contributed by atoms with Gasteiger partial charge in [-0.2, -0.15) is 0 Å². The summed E-state index contributed by atoms with van der Waals surface area (Å²) in [5, 5.41) is 22.3. The second-order valence-corrected chi connectivity index (χ2v) is 13.4. The Morgan fingerprint density at radius 2 is 0.442 bits per heavy atom. The Morgan fingerprint density at radius 3 is 0.558 bits per heavy atom. The van der Waals surface area contributed by atoms with E-state index in [9.17, 15) is 0 Å². The minimum atomic E-state index is -1.83. The van der Waals surface area contributed by atoms with Crippen LogP contribution in [0.15, 0.2) is 182 Å². The Bertz CT molecular complexity index is 1280. The van der Waals surface area contributed by atoms with E-state index in [4.69, 9.17) is 15.0 Å². The zero-order chi connectivity index (χ0) is 29.4. The first-order chi connectivity index (χ1) is 20.6. The minimum absolute atomic E-state index is 0. The molecule has 0 bridgehead atoms. The molecule has 0 radical (unpaired) electrons. The largest absolute Gasteiger partial charge is 0.503 e. The van der Waals surface area contributed by atoms with Gasteiger partial charge in [-0.3, -0.25) is 0 Å². The van der Waals surface area contributed by atoms with Crippen LogP contribution < -0.4 is 31.8 Å². The Kier molecular flexibility index (Phi) is 14.6. The molecule has 6 aromatic rings. The summed E-state index contributed by atoms with van der Waals surface area (Å²) in [7, 11) is -0.892. The van der Waals surface area contributed by atoms with Crippen molar-refractivity contribution < 1.29 is 36.1 Å². The molecule has 218 valence electrons. The minimum Gasteiger partial charge on any atom is -0.450 e. The molecule has 0 fully saturated rings. The molecule has 0 aliphatic heterocycles. The Morgan fingerprint density at radius 1 is 0.326 bits per heavy atom. The van der Waals surface area contributed by atoms with Crippen LogP contribution in [0.1, 0.15) is 0 Å². The van der Waals surface area contributed by atoms with Gasteiger partial charge < -0.3 is 10.2 Å². The predicted molar refractivity (Wildman–Crippen MR) is 181 cm³/mol. The summed E-state index contributed by atoms with van der Waals surface area (Å²) in [6.45, 7) is 0. The van der Waals surface area contributed by atoms with Crippen molar-refractivity contribution in [2.24, 2.45) is 0 Å². The van der Waals surface area contributed by atoms with E-state index in [2.05, 4.69) is 182 Å². The second-order valence-electron chi connectivity index (χ2n) is 8.97. The molecular formula is C37H32O3P2Pt. The van der Waals surface area contributed by atoms with E-state index < -0.39 is 22.0 Å². The topological polar surface area (TPSA) is 57.5 Å². The fourth-order valence-electron chi connectivity index (χ4n) is 4.36. The third kappa shape index (κ3) is 10.7. The number of carboxylic acid groups (broad SMARTS) is 2. The van der Waals surface area contributed by atoms with E-state index in [0.717, 1.165) is 0 Å². The van der Waals surface area contributed by atoms with E-state index in [1.807, 2.05) is 0 Å². The third-order valence-electron chi connectivity index (χ3n) is 6.09. The summed E-state index contributed by atoms with van der Waals surface area (Å²) in [6, 6.07) is 64.7. The van der Waals surface area contributed by atoms with Gasteiger partial charge in [0.2, 0.25) is 0 Å². The quantitative estimate of drug-likeness (QED) is 0.177. The first kappa shape index (κ1) is 33.6. The van der Waals surface area contributed by atoms with E-state index in [1.54, 1.807) is 0 Å². The molecule has 0 aliphatic carbocycles. The van der Waals surface area contributed by atoms with E-state index in [-0.39, 0.29) is 21.1 Å². The summed E-state index contributed by atoms with van der Waals surface area (Å²) >= 11 is 0. The molecule has 43 heavy (non-hydrogen) atoms. The van der Waals surface area contributed by atoms with E-state index in [1.165, 1.54) is 31.8 Å². The average molecular weight is 782 g/mol. The smallest absolute Gasteiger partial charge is 0.450 e. The molecule has 2 N–H and O–H groups in total. The molecular weight excluding hydrogens is 749 g/mol. The maximum Gasteiger partial charge on any atom is 0.503 e. The Hall–Kier alpha value is -3.86. The summed E-state index contributed by atoms with van der Waals surface area (Å²) < 4.78 is 0. The number of rotatable bonds is 6. The van der Waals surface area contributed by atoms with Crippen LogP contribution in [0.5, 0.6) is 0 Å². The predicted octanol–water partition coefficient (Wildman–Crippen LogP) is 7.11. The van der Waals surface area contributed by atoms with Crippen molar-refractivity contribution in [2.75, 3.05) is 0 Å². The molecule has 0 aliphatic rings. The van der Waals surface area contributed by atoms with Gasteiger partial charge in [0.05, 0.1) is 0 Å². The fraction of sp³-hybridized carbons (Fsp3) is 0. The summed E-state index contributed by atoms with van der Waals surface area (Å²) in [6.07, 6.45) is -1.83. The Balaban J connectivity index is 0.000000206. The van der Waals surface area contributed by atoms with Crippen LogP contribution in [-0.2, 0) is 21.1 Å². The molecule has 0 spiro atoms. The van der Waals surface area contributed by atoms with E-state index >= 15 is 0 Å². The molecule has 6 heteroatoms. The van der Waals surface area contributed by atoms with Gasteiger partial charge in [0.1, 0.15) is 0 Å². The van der Waals surface area contributed by atoms with Crippen molar-refractivity contribution in [2.45, 2.75) is 0 Å². The van der Waals surface area contributed by atoms with Gasteiger partial charge in [0.15, 0.2) is 0 Å². The summed E-state index contributed by atoms with van der Waals surface area (Å²) in [5.41, 5.74) is 0. The van der Waals surface area contributed by atoms with Gasteiger partial charge in [-0.25, -0.2) is 4.79 Å². The molecule has 0 saturated carbocycles. The van der Waals surface area contributed by atoms with Crippen molar-refractivity contribution >= 4 is 53.8 Å². The normalized spacial score (nSPS) is 9.91. The van der Waals surface area contributed by atoms with E-state index in [0.29, 0.717) is 0 Å². The average Bonchev–Trinajstić information content (AvgIpc) is 3.05. The molecule has 0 unspecified atom stereocenters. The molecule has 0 amide bonds. The van der Waals surface area contributed by atoms with Gasteiger partial charge in [-0.05, 0) is 47.7 Å². The maximum absolute atomic E-state index is 8.56. The third-order valence-corrected chi connectivity index (χ3v) is 11.0. The molecule has 0 atom stereocenters. The number of hydrogen-bond acceptors (Lipinski definition) is 1. The van der Waals surface area contributed by atoms with Crippen LogP contribution in [0.25, 0.3) is 0 Å². The molecule has 0 saturated heterocycles. The van der Waals surface area contributed by atoms with Crippen LogP contribution in [-0.4, -0.2) is 16.4 Å². The van der Waals surface area contributed by atoms with Gasteiger partial charge in [-0.15, -0.1) is 0 Å². The zero-order valence-corrected chi connectivity index (χ0v) is 27.4. The van der Waals surface area contributed by atoms with Crippen molar-refractivity contribution in [1.29, 1.82) is 0 Å². The Labute approximate surface area is 270 Å². The molecule has 0 aromatic heterocycles. The zero-order valence-electron chi connectivity index (χ0n) is 23.3. The van der Waals surface area contributed by atoms with Crippen LogP contribution in [0.4, 0.5) is 4.79 Å². The van der Waals surface area contributed by atoms with Crippen molar-refractivity contribution in [3.63, 3.8) is 0 Å². The fourth-order valence-corrected chi connectivity index (χ4v) is 8.97. The van der Waals surface area contributed by atoms with Crippen molar-refractivity contribution in [3.05, 3.63) is 182 Å². The van der Waals surface area contributed by atoms with Crippen molar-refractivity contribution in [1.82, 2.24) is 0 Å². The van der Waals surface area contributed by atoms with Crippen LogP contribution >= 0.6 is 15.8 Å². The SMILES string of the molecule is O=C(O)O.[Pt].c1ccc(P(c2ccccc2)c2ccccc2)cc1.c1ccc(P(c2ccccc2)c2ccccc2)cc1.